The first-order valence-corrected chi connectivity index (χ1v) is 6.21. The number of aromatic nitrogens is 1. The summed E-state index contributed by atoms with van der Waals surface area (Å²) in [6, 6.07) is 5.44. The van der Waals surface area contributed by atoms with Gasteiger partial charge in [0, 0.05) is 22.5 Å². The number of carbonyl (C=O) groups is 1. The van der Waals surface area contributed by atoms with Crippen molar-refractivity contribution in [3.8, 4) is 0 Å². The van der Waals surface area contributed by atoms with E-state index >= 15 is 0 Å². The van der Waals surface area contributed by atoms with Crippen molar-refractivity contribution in [2.75, 3.05) is 0 Å². The third-order valence-corrected chi connectivity index (χ3v) is 3.30. The second-order valence-electron chi connectivity index (χ2n) is 4.39. The average molecular weight is 270 g/mol. The minimum absolute atomic E-state index is 0.0297. The van der Waals surface area contributed by atoms with Gasteiger partial charge in [0.05, 0.1) is 17.1 Å². The van der Waals surface area contributed by atoms with E-state index in [1.54, 1.807) is 6.07 Å². The molecule has 2 aromatic rings. The molecule has 2 nitrogen and oxygen atoms in total. The van der Waals surface area contributed by atoms with E-state index in [1.807, 2.05) is 36.7 Å². The number of rotatable bonds is 3. The first-order valence-electron chi connectivity index (χ1n) is 5.45. The zero-order valence-corrected chi connectivity index (χ0v) is 11.2. The van der Waals surface area contributed by atoms with Gasteiger partial charge < -0.3 is 4.57 Å². The Kier molecular flexibility index (Phi) is 3.45. The number of halogens is 2. The van der Waals surface area contributed by atoms with Crippen molar-refractivity contribution < 1.29 is 4.79 Å². The van der Waals surface area contributed by atoms with Crippen molar-refractivity contribution >= 4 is 39.9 Å². The maximum Gasteiger partial charge on any atom is 0.155 e. The van der Waals surface area contributed by atoms with Crippen molar-refractivity contribution in [2.45, 2.75) is 20.4 Å². The van der Waals surface area contributed by atoms with Crippen molar-refractivity contribution in [1.29, 1.82) is 0 Å². The highest BCUT2D eigenvalue weighted by Crippen LogP contribution is 2.28. The molecular weight excluding hydrogens is 257 g/mol. The van der Waals surface area contributed by atoms with E-state index in [4.69, 9.17) is 23.2 Å². The van der Waals surface area contributed by atoms with Crippen LogP contribution in [0.1, 0.15) is 13.8 Å². The number of nitrogens with zero attached hydrogens (tertiary/aromatic N) is 1. The summed E-state index contributed by atoms with van der Waals surface area (Å²) in [5.41, 5.74) is 0.900. The second kappa shape index (κ2) is 4.71. The van der Waals surface area contributed by atoms with E-state index in [1.165, 1.54) is 0 Å². The van der Waals surface area contributed by atoms with Crippen LogP contribution >= 0.6 is 23.2 Å². The van der Waals surface area contributed by atoms with Gasteiger partial charge in [0.25, 0.3) is 0 Å². The fourth-order valence-corrected chi connectivity index (χ4v) is 2.25. The standard InChI is InChI=1S/C13H13Cl2NO/c1-8(2)13(17)7-16-4-3-10-11(15)5-9(14)6-12(10)16/h3-6,8H,7H2,1-2H3. The Morgan fingerprint density at radius 2 is 2.06 bits per heavy atom. The highest BCUT2D eigenvalue weighted by molar-refractivity contribution is 6.38. The number of Topliss-reactive ketones (excluding diaryl/α,β-unsaturated/α-hetero) is 1. The van der Waals surface area contributed by atoms with Crippen LogP contribution in [-0.2, 0) is 11.3 Å². The van der Waals surface area contributed by atoms with Crippen LogP contribution in [0.4, 0.5) is 0 Å². The molecular formula is C13H13Cl2NO. The molecule has 1 aromatic heterocycles. The van der Waals surface area contributed by atoms with Crippen molar-refractivity contribution in [2.24, 2.45) is 5.92 Å². The van der Waals surface area contributed by atoms with E-state index < -0.39 is 0 Å². The number of ketones is 1. The first kappa shape index (κ1) is 12.5. The lowest BCUT2D eigenvalue weighted by molar-refractivity contribution is -0.122. The lowest BCUT2D eigenvalue weighted by atomic mass is 10.1. The highest BCUT2D eigenvalue weighted by Gasteiger charge is 2.11. The van der Waals surface area contributed by atoms with Crippen molar-refractivity contribution in [1.82, 2.24) is 4.57 Å². The fourth-order valence-electron chi connectivity index (χ4n) is 1.71. The fraction of sp³-hybridized carbons (Fsp3) is 0.308. The summed E-state index contributed by atoms with van der Waals surface area (Å²) in [5, 5.41) is 2.12. The predicted molar refractivity (Wildman–Crippen MR) is 71.8 cm³/mol. The van der Waals surface area contributed by atoms with Crippen molar-refractivity contribution in [3.05, 3.63) is 34.4 Å². The lowest BCUT2D eigenvalue weighted by Crippen LogP contribution is -2.14. The number of hydrogen-bond acceptors (Lipinski definition) is 1. The quantitative estimate of drug-likeness (QED) is 0.820. The number of carbonyl (C=O) groups excluding carboxylic acids is 1. The van der Waals surface area contributed by atoms with Gasteiger partial charge in [-0.25, -0.2) is 0 Å². The van der Waals surface area contributed by atoms with Crippen LogP contribution in [0.2, 0.25) is 10.0 Å². The monoisotopic (exact) mass is 269 g/mol. The smallest absolute Gasteiger partial charge is 0.155 e. The van der Waals surface area contributed by atoms with Gasteiger partial charge in [-0.3, -0.25) is 4.79 Å². The largest absolute Gasteiger partial charge is 0.340 e. The molecule has 1 aromatic carbocycles. The van der Waals surface area contributed by atoms with E-state index in [2.05, 4.69) is 0 Å². The molecule has 90 valence electrons. The maximum atomic E-state index is 11.7. The minimum Gasteiger partial charge on any atom is -0.340 e. The molecule has 0 N–H and O–H groups in total. The van der Waals surface area contributed by atoms with Gasteiger partial charge in [0.1, 0.15) is 0 Å². The molecule has 0 saturated heterocycles. The van der Waals surface area contributed by atoms with E-state index in [0.29, 0.717) is 16.6 Å². The van der Waals surface area contributed by atoms with Gasteiger partial charge in [-0.2, -0.15) is 0 Å². The summed E-state index contributed by atoms with van der Waals surface area (Å²) >= 11 is 12.1. The second-order valence-corrected chi connectivity index (χ2v) is 5.23. The van der Waals surface area contributed by atoms with Gasteiger partial charge in [0.2, 0.25) is 0 Å². The first-order chi connectivity index (χ1) is 7.99. The molecule has 0 radical (unpaired) electrons. The summed E-state index contributed by atoms with van der Waals surface area (Å²) < 4.78 is 1.88. The Bertz CT molecular complexity index is 572. The normalized spacial score (nSPS) is 11.4. The van der Waals surface area contributed by atoms with Crippen LogP contribution in [0, 0.1) is 5.92 Å². The van der Waals surface area contributed by atoms with Crippen LogP contribution in [0.15, 0.2) is 24.4 Å². The van der Waals surface area contributed by atoms with Crippen LogP contribution < -0.4 is 0 Å². The summed E-state index contributed by atoms with van der Waals surface area (Å²) in [5.74, 6) is 0.223. The molecule has 2 rings (SSSR count). The Balaban J connectivity index is 2.46. The molecule has 17 heavy (non-hydrogen) atoms. The van der Waals surface area contributed by atoms with Crippen LogP contribution in [0.5, 0.6) is 0 Å². The molecule has 0 aliphatic rings. The maximum absolute atomic E-state index is 11.7. The topological polar surface area (TPSA) is 22.0 Å². The molecule has 0 aliphatic heterocycles. The Hall–Kier alpha value is -0.990. The minimum atomic E-state index is 0.0297. The van der Waals surface area contributed by atoms with Gasteiger partial charge in [0.15, 0.2) is 5.78 Å². The van der Waals surface area contributed by atoms with Crippen LogP contribution in [0.3, 0.4) is 0 Å². The van der Waals surface area contributed by atoms with Crippen LogP contribution in [0.25, 0.3) is 10.9 Å². The summed E-state index contributed by atoms with van der Waals surface area (Å²) in [6.07, 6.45) is 1.87. The summed E-state index contributed by atoms with van der Waals surface area (Å²) in [6.45, 7) is 4.15. The molecule has 0 bridgehead atoms. The van der Waals surface area contributed by atoms with Crippen LogP contribution in [-0.4, -0.2) is 10.4 Å². The molecule has 0 amide bonds. The molecule has 0 aliphatic carbocycles. The summed E-state index contributed by atoms with van der Waals surface area (Å²) in [7, 11) is 0. The molecule has 0 saturated carbocycles. The Morgan fingerprint density at radius 3 is 2.71 bits per heavy atom. The van der Waals surface area contributed by atoms with Crippen molar-refractivity contribution in [3.63, 3.8) is 0 Å². The number of hydrogen-bond donors (Lipinski definition) is 0. The molecule has 4 heteroatoms. The number of fused-ring (bicyclic) bond motifs is 1. The highest BCUT2D eigenvalue weighted by atomic mass is 35.5. The Labute approximate surface area is 110 Å². The molecule has 0 spiro atoms. The summed E-state index contributed by atoms with van der Waals surface area (Å²) in [4.78, 5) is 11.7. The third kappa shape index (κ3) is 2.48. The van der Waals surface area contributed by atoms with Gasteiger partial charge >= 0.3 is 0 Å². The zero-order chi connectivity index (χ0) is 12.6. The molecule has 1 heterocycles. The van der Waals surface area contributed by atoms with E-state index in [-0.39, 0.29) is 11.7 Å². The molecule has 0 fully saturated rings. The van der Waals surface area contributed by atoms with E-state index in [0.717, 1.165) is 10.9 Å². The zero-order valence-electron chi connectivity index (χ0n) is 9.71. The van der Waals surface area contributed by atoms with Gasteiger partial charge in [-0.05, 0) is 18.2 Å². The van der Waals surface area contributed by atoms with Gasteiger partial charge in [-0.1, -0.05) is 37.0 Å². The SMILES string of the molecule is CC(C)C(=O)Cn1ccc2c(Cl)cc(Cl)cc21. The molecule has 0 unspecified atom stereocenters. The molecule has 0 atom stereocenters. The predicted octanol–water partition coefficient (Wildman–Crippen LogP) is 4.17. The average Bonchev–Trinajstić information content (AvgIpc) is 2.61. The van der Waals surface area contributed by atoms with Gasteiger partial charge in [-0.15, -0.1) is 0 Å². The number of benzene rings is 1. The Morgan fingerprint density at radius 1 is 1.35 bits per heavy atom. The third-order valence-electron chi connectivity index (χ3n) is 2.77. The van der Waals surface area contributed by atoms with E-state index in [9.17, 15) is 4.79 Å². The lowest BCUT2D eigenvalue weighted by Gasteiger charge is -2.07.